The number of aromatic nitrogens is 3. The molecule has 0 aliphatic heterocycles. The molecular weight excluding hydrogens is 227 g/mol. The molecule has 1 amide bonds. The van der Waals surface area contributed by atoms with Crippen molar-refractivity contribution in [2.24, 2.45) is 5.73 Å². The predicted octanol–water partition coefficient (Wildman–Crippen LogP) is -0.142. The lowest BCUT2D eigenvalue weighted by Crippen LogP contribution is -2.19. The van der Waals surface area contributed by atoms with Crippen molar-refractivity contribution in [1.29, 1.82) is 0 Å². The number of amides is 1. The highest BCUT2D eigenvalue weighted by molar-refractivity contribution is 5.88. The van der Waals surface area contributed by atoms with E-state index in [4.69, 9.17) is 5.73 Å². The lowest BCUT2D eigenvalue weighted by Gasteiger charge is -2.01. The first-order chi connectivity index (χ1) is 8.08. The molecule has 0 radical (unpaired) electrons. The molecule has 1 aromatic heterocycles. The third-order valence-electron chi connectivity index (χ3n) is 2.19. The second kappa shape index (κ2) is 4.20. The topological polar surface area (TPSA) is 93.8 Å². The van der Waals surface area contributed by atoms with Crippen LogP contribution in [0.15, 0.2) is 29.1 Å². The van der Waals surface area contributed by atoms with Crippen LogP contribution >= 0.6 is 0 Å². The minimum absolute atomic E-state index is 0.0602. The van der Waals surface area contributed by atoms with Crippen LogP contribution in [0.3, 0.4) is 0 Å². The number of halogens is 1. The Balaban J connectivity index is 2.34. The molecule has 0 fully saturated rings. The number of rotatable bonds is 3. The smallest absolute Gasteiger partial charge is 0.344 e. The highest BCUT2D eigenvalue weighted by Crippen LogP contribution is 2.06. The molecule has 0 bridgehead atoms. The van der Waals surface area contributed by atoms with E-state index in [-0.39, 0.29) is 12.4 Å². The van der Waals surface area contributed by atoms with E-state index in [2.05, 4.69) is 10.1 Å². The maximum atomic E-state index is 13.3. The molecule has 2 rings (SSSR count). The number of hydrogen-bond donors (Lipinski definition) is 2. The first kappa shape index (κ1) is 11.1. The van der Waals surface area contributed by atoms with Crippen molar-refractivity contribution in [2.45, 2.75) is 6.54 Å². The van der Waals surface area contributed by atoms with E-state index in [0.717, 1.165) is 4.68 Å². The van der Waals surface area contributed by atoms with Gasteiger partial charge in [-0.3, -0.25) is 9.78 Å². The van der Waals surface area contributed by atoms with E-state index in [9.17, 15) is 14.0 Å². The second-order valence-electron chi connectivity index (χ2n) is 3.39. The summed E-state index contributed by atoms with van der Waals surface area (Å²) in [5, 5.41) is 3.65. The zero-order valence-corrected chi connectivity index (χ0v) is 8.68. The number of carbonyl (C=O) groups is 1. The summed E-state index contributed by atoms with van der Waals surface area (Å²) < 4.78 is 14.3. The third kappa shape index (κ3) is 2.22. The second-order valence-corrected chi connectivity index (χ2v) is 3.39. The van der Waals surface area contributed by atoms with E-state index in [1.165, 1.54) is 12.1 Å². The van der Waals surface area contributed by atoms with Gasteiger partial charge in [0.2, 0.25) is 5.82 Å². The number of hydrogen-bond acceptors (Lipinski definition) is 3. The standard InChI is InChI=1S/C10H9FN4O2/c11-7-4-2-1-3-6(7)5-15-10(17)13-9(14-15)8(12)16/h1-4H,5H2,(H2,12,16)(H,13,14,17). The van der Waals surface area contributed by atoms with Gasteiger partial charge in [0.05, 0.1) is 6.54 Å². The van der Waals surface area contributed by atoms with Gasteiger partial charge in [-0.25, -0.2) is 13.9 Å². The maximum Gasteiger partial charge on any atom is 0.344 e. The van der Waals surface area contributed by atoms with Gasteiger partial charge in [-0.05, 0) is 6.07 Å². The quantitative estimate of drug-likeness (QED) is 0.776. The van der Waals surface area contributed by atoms with Crippen molar-refractivity contribution in [3.05, 3.63) is 52.0 Å². The average Bonchev–Trinajstić information content (AvgIpc) is 2.64. The van der Waals surface area contributed by atoms with Crippen LogP contribution in [0, 0.1) is 5.82 Å². The molecule has 17 heavy (non-hydrogen) atoms. The van der Waals surface area contributed by atoms with E-state index in [1.54, 1.807) is 12.1 Å². The van der Waals surface area contributed by atoms with E-state index < -0.39 is 17.4 Å². The molecule has 0 saturated carbocycles. The molecule has 0 spiro atoms. The monoisotopic (exact) mass is 236 g/mol. The molecule has 0 aliphatic rings. The van der Waals surface area contributed by atoms with Crippen LogP contribution < -0.4 is 11.4 Å². The number of primary amides is 1. The van der Waals surface area contributed by atoms with Gasteiger partial charge in [0.15, 0.2) is 0 Å². The Kier molecular flexibility index (Phi) is 2.73. The fourth-order valence-electron chi connectivity index (χ4n) is 1.36. The molecule has 0 aliphatic carbocycles. The number of H-pyrrole nitrogens is 1. The Hall–Kier alpha value is -2.44. The highest BCUT2D eigenvalue weighted by Gasteiger charge is 2.11. The molecule has 6 nitrogen and oxygen atoms in total. The molecule has 2 aromatic rings. The van der Waals surface area contributed by atoms with Crippen LogP contribution in [-0.2, 0) is 6.54 Å². The van der Waals surface area contributed by atoms with Crippen molar-refractivity contribution in [1.82, 2.24) is 14.8 Å². The minimum atomic E-state index is -0.839. The molecule has 88 valence electrons. The first-order valence-electron chi connectivity index (χ1n) is 4.78. The van der Waals surface area contributed by atoms with Crippen molar-refractivity contribution in [3.8, 4) is 0 Å². The van der Waals surface area contributed by atoms with Crippen LogP contribution in [0.1, 0.15) is 16.2 Å². The number of nitrogens with two attached hydrogens (primary N) is 1. The lowest BCUT2D eigenvalue weighted by atomic mass is 10.2. The average molecular weight is 236 g/mol. The summed E-state index contributed by atoms with van der Waals surface area (Å²) in [5.41, 5.74) is 4.65. The molecule has 0 saturated heterocycles. The van der Waals surface area contributed by atoms with Gasteiger partial charge in [0.1, 0.15) is 5.82 Å². The van der Waals surface area contributed by atoms with Gasteiger partial charge >= 0.3 is 5.69 Å². The summed E-state index contributed by atoms with van der Waals surface area (Å²) in [5.74, 6) is -1.52. The summed E-state index contributed by atoms with van der Waals surface area (Å²) in [6.45, 7) is -0.0602. The SMILES string of the molecule is NC(=O)c1nn(Cc2ccccc2F)c(=O)[nH]1. The highest BCUT2D eigenvalue weighted by atomic mass is 19.1. The largest absolute Gasteiger partial charge is 0.363 e. The molecule has 3 N–H and O–H groups in total. The van der Waals surface area contributed by atoms with E-state index >= 15 is 0 Å². The van der Waals surface area contributed by atoms with Crippen molar-refractivity contribution >= 4 is 5.91 Å². The minimum Gasteiger partial charge on any atom is -0.363 e. The molecule has 0 unspecified atom stereocenters. The van der Waals surface area contributed by atoms with E-state index in [0.29, 0.717) is 5.56 Å². The molecular formula is C10H9FN4O2. The Bertz CT molecular complexity index is 617. The lowest BCUT2D eigenvalue weighted by molar-refractivity contribution is 0.0990. The number of nitrogens with zero attached hydrogens (tertiary/aromatic N) is 2. The first-order valence-corrected chi connectivity index (χ1v) is 4.78. The summed E-state index contributed by atoms with van der Waals surface area (Å²) in [4.78, 5) is 24.3. The van der Waals surface area contributed by atoms with Crippen molar-refractivity contribution in [3.63, 3.8) is 0 Å². The Morgan fingerprint density at radius 2 is 2.18 bits per heavy atom. The Morgan fingerprint density at radius 1 is 1.47 bits per heavy atom. The van der Waals surface area contributed by atoms with Crippen LogP contribution in [-0.4, -0.2) is 20.7 Å². The van der Waals surface area contributed by atoms with Crippen LogP contribution in [0.2, 0.25) is 0 Å². The number of carbonyl (C=O) groups excluding carboxylic acids is 1. The van der Waals surface area contributed by atoms with Gasteiger partial charge < -0.3 is 5.73 Å². The van der Waals surface area contributed by atoms with Gasteiger partial charge in [0.25, 0.3) is 5.91 Å². The Morgan fingerprint density at radius 3 is 2.76 bits per heavy atom. The van der Waals surface area contributed by atoms with Crippen LogP contribution in [0.5, 0.6) is 0 Å². The normalized spacial score (nSPS) is 10.4. The predicted molar refractivity (Wildman–Crippen MR) is 56.9 cm³/mol. The van der Waals surface area contributed by atoms with Crippen molar-refractivity contribution in [2.75, 3.05) is 0 Å². The third-order valence-corrected chi connectivity index (χ3v) is 2.19. The zero-order chi connectivity index (χ0) is 12.4. The molecule has 1 aromatic carbocycles. The summed E-state index contributed by atoms with van der Waals surface area (Å²) in [7, 11) is 0. The van der Waals surface area contributed by atoms with Gasteiger partial charge in [0, 0.05) is 5.56 Å². The van der Waals surface area contributed by atoms with Gasteiger partial charge in [-0.15, -0.1) is 5.10 Å². The van der Waals surface area contributed by atoms with Crippen LogP contribution in [0.4, 0.5) is 4.39 Å². The van der Waals surface area contributed by atoms with Crippen molar-refractivity contribution < 1.29 is 9.18 Å². The fraction of sp³-hybridized carbons (Fsp3) is 0.100. The van der Waals surface area contributed by atoms with Gasteiger partial charge in [-0.2, -0.15) is 0 Å². The number of benzene rings is 1. The number of nitrogens with one attached hydrogen (secondary N) is 1. The number of aromatic amines is 1. The van der Waals surface area contributed by atoms with Crippen LogP contribution in [0.25, 0.3) is 0 Å². The van der Waals surface area contributed by atoms with E-state index in [1.807, 2.05) is 0 Å². The fourth-order valence-corrected chi connectivity index (χ4v) is 1.36. The zero-order valence-electron chi connectivity index (χ0n) is 8.68. The molecule has 1 heterocycles. The van der Waals surface area contributed by atoms with Gasteiger partial charge in [-0.1, -0.05) is 18.2 Å². The molecule has 7 heteroatoms. The molecule has 0 atom stereocenters. The summed E-state index contributed by atoms with van der Waals surface area (Å²) >= 11 is 0. The summed E-state index contributed by atoms with van der Waals surface area (Å²) in [6.07, 6.45) is 0. The maximum absolute atomic E-state index is 13.3. The Labute approximate surface area is 94.9 Å². The summed E-state index contributed by atoms with van der Waals surface area (Å²) in [6, 6.07) is 5.99.